The first-order chi connectivity index (χ1) is 10.1. The van der Waals surface area contributed by atoms with Gasteiger partial charge in [-0.3, -0.25) is 0 Å². The van der Waals surface area contributed by atoms with Crippen molar-refractivity contribution in [1.29, 1.82) is 0 Å². The number of nitrogens with zero attached hydrogens (tertiary/aromatic N) is 2. The summed E-state index contributed by atoms with van der Waals surface area (Å²) in [5, 5.41) is 8.44. The van der Waals surface area contributed by atoms with Gasteiger partial charge in [-0.25, -0.2) is 8.42 Å². The highest BCUT2D eigenvalue weighted by Gasteiger charge is 2.21. The van der Waals surface area contributed by atoms with Crippen LogP contribution in [0.1, 0.15) is 5.56 Å². The van der Waals surface area contributed by atoms with Crippen LogP contribution >= 0.6 is 11.3 Å². The molecule has 0 fully saturated rings. The molecule has 6 heteroatoms. The monoisotopic (exact) mass is 316 g/mol. The van der Waals surface area contributed by atoms with Gasteiger partial charge in [0, 0.05) is 5.56 Å². The second kappa shape index (κ2) is 5.75. The molecule has 0 amide bonds. The van der Waals surface area contributed by atoms with Gasteiger partial charge in [-0.2, -0.15) is 0 Å². The summed E-state index contributed by atoms with van der Waals surface area (Å²) in [7, 11) is -3.46. The highest BCUT2D eigenvalue weighted by atomic mass is 32.2. The Morgan fingerprint density at radius 2 is 1.48 bits per heavy atom. The molecule has 0 spiro atoms. The number of benzene rings is 2. The largest absolute Gasteiger partial charge is 0.233 e. The zero-order valence-electron chi connectivity index (χ0n) is 11.0. The predicted octanol–water partition coefficient (Wildman–Crippen LogP) is 3.18. The lowest BCUT2D eigenvalue weighted by molar-refractivity contribution is 0.593. The van der Waals surface area contributed by atoms with Gasteiger partial charge in [0.25, 0.3) is 0 Å². The van der Waals surface area contributed by atoms with Crippen LogP contribution in [0.4, 0.5) is 0 Å². The van der Waals surface area contributed by atoms with E-state index in [0.29, 0.717) is 5.01 Å². The van der Waals surface area contributed by atoms with Crippen molar-refractivity contribution in [2.24, 2.45) is 0 Å². The van der Waals surface area contributed by atoms with E-state index in [2.05, 4.69) is 10.2 Å². The minimum atomic E-state index is -3.46. The summed E-state index contributed by atoms with van der Waals surface area (Å²) in [6.07, 6.45) is 0. The van der Waals surface area contributed by atoms with Crippen molar-refractivity contribution in [2.75, 3.05) is 0 Å². The highest BCUT2D eigenvalue weighted by molar-refractivity contribution is 7.92. The zero-order valence-corrected chi connectivity index (χ0v) is 12.6. The number of rotatable bonds is 4. The SMILES string of the molecule is O=S(=O)(Cc1ccccc1)c1nnc(-c2ccccc2)s1. The fourth-order valence-corrected chi connectivity index (χ4v) is 4.31. The maximum atomic E-state index is 12.4. The van der Waals surface area contributed by atoms with Crippen molar-refractivity contribution in [3.8, 4) is 10.6 Å². The molecule has 1 aromatic heterocycles. The molecule has 0 N–H and O–H groups in total. The van der Waals surface area contributed by atoms with Gasteiger partial charge >= 0.3 is 0 Å². The van der Waals surface area contributed by atoms with Crippen LogP contribution in [0.2, 0.25) is 0 Å². The Morgan fingerprint density at radius 3 is 2.14 bits per heavy atom. The lowest BCUT2D eigenvalue weighted by Crippen LogP contribution is -2.04. The molecule has 0 radical (unpaired) electrons. The fraction of sp³-hybridized carbons (Fsp3) is 0.0667. The van der Waals surface area contributed by atoms with E-state index in [1.165, 1.54) is 0 Å². The van der Waals surface area contributed by atoms with E-state index in [4.69, 9.17) is 0 Å². The van der Waals surface area contributed by atoms with Gasteiger partial charge < -0.3 is 0 Å². The lowest BCUT2D eigenvalue weighted by atomic mass is 10.2. The van der Waals surface area contributed by atoms with Crippen LogP contribution in [-0.4, -0.2) is 18.6 Å². The Balaban J connectivity index is 1.89. The van der Waals surface area contributed by atoms with Crippen LogP contribution in [-0.2, 0) is 15.6 Å². The average Bonchev–Trinajstić information content (AvgIpc) is 2.99. The highest BCUT2D eigenvalue weighted by Crippen LogP contribution is 2.27. The van der Waals surface area contributed by atoms with Crippen molar-refractivity contribution < 1.29 is 8.42 Å². The molecule has 3 aromatic rings. The van der Waals surface area contributed by atoms with Gasteiger partial charge in [0.2, 0.25) is 14.2 Å². The molecule has 3 rings (SSSR count). The van der Waals surface area contributed by atoms with Crippen LogP contribution in [0.5, 0.6) is 0 Å². The first-order valence-corrected chi connectivity index (χ1v) is 8.78. The summed E-state index contributed by atoms with van der Waals surface area (Å²) in [6.45, 7) is 0. The van der Waals surface area contributed by atoms with Crippen molar-refractivity contribution in [1.82, 2.24) is 10.2 Å². The molecule has 2 aromatic carbocycles. The van der Waals surface area contributed by atoms with E-state index in [1.807, 2.05) is 48.5 Å². The molecule has 4 nitrogen and oxygen atoms in total. The minimum absolute atomic E-state index is 0.0583. The smallest absolute Gasteiger partial charge is 0.221 e. The molecule has 21 heavy (non-hydrogen) atoms. The molecule has 0 unspecified atom stereocenters. The third kappa shape index (κ3) is 3.17. The second-order valence-electron chi connectivity index (χ2n) is 4.48. The molecule has 0 bridgehead atoms. The van der Waals surface area contributed by atoms with Crippen LogP contribution in [0.15, 0.2) is 65.0 Å². The number of hydrogen-bond acceptors (Lipinski definition) is 5. The summed E-state index contributed by atoms with van der Waals surface area (Å²) in [5.74, 6) is -0.0583. The van der Waals surface area contributed by atoms with Crippen molar-refractivity contribution >= 4 is 21.2 Å². The van der Waals surface area contributed by atoms with Gasteiger partial charge in [0.1, 0.15) is 5.01 Å². The molecule has 106 valence electrons. The van der Waals surface area contributed by atoms with E-state index < -0.39 is 9.84 Å². The van der Waals surface area contributed by atoms with E-state index >= 15 is 0 Å². The van der Waals surface area contributed by atoms with Crippen LogP contribution in [0, 0.1) is 0 Å². The maximum Gasteiger partial charge on any atom is 0.233 e. The summed E-state index contributed by atoms with van der Waals surface area (Å²) >= 11 is 1.10. The van der Waals surface area contributed by atoms with Crippen LogP contribution < -0.4 is 0 Å². The Labute approximate surface area is 127 Å². The summed E-state index contributed by atoms with van der Waals surface area (Å²) in [4.78, 5) is 0. The van der Waals surface area contributed by atoms with Gasteiger partial charge in [-0.15, -0.1) is 10.2 Å². The third-order valence-corrected chi connectivity index (χ3v) is 6.00. The Kier molecular flexibility index (Phi) is 3.81. The second-order valence-corrected chi connectivity index (χ2v) is 7.62. The van der Waals surface area contributed by atoms with E-state index in [-0.39, 0.29) is 10.1 Å². The number of hydrogen-bond donors (Lipinski definition) is 0. The molecule has 0 aliphatic carbocycles. The summed E-state index contributed by atoms with van der Waals surface area (Å²) < 4.78 is 24.8. The molecule has 0 aliphatic rings. The minimum Gasteiger partial charge on any atom is -0.221 e. The van der Waals surface area contributed by atoms with Crippen molar-refractivity contribution in [3.63, 3.8) is 0 Å². The van der Waals surface area contributed by atoms with Crippen LogP contribution in [0.25, 0.3) is 10.6 Å². The van der Waals surface area contributed by atoms with Gasteiger partial charge in [0.05, 0.1) is 5.75 Å². The van der Waals surface area contributed by atoms with Gasteiger partial charge in [-0.05, 0) is 5.56 Å². The third-order valence-electron chi connectivity index (χ3n) is 2.89. The first-order valence-electron chi connectivity index (χ1n) is 6.31. The summed E-state index contributed by atoms with van der Waals surface area (Å²) in [5.41, 5.74) is 1.62. The summed E-state index contributed by atoms with van der Waals surface area (Å²) in [6, 6.07) is 18.5. The fourth-order valence-electron chi connectivity index (χ4n) is 1.89. The molecular formula is C15H12N2O2S2. The van der Waals surface area contributed by atoms with E-state index in [1.54, 1.807) is 12.1 Å². The van der Waals surface area contributed by atoms with Gasteiger partial charge in [-0.1, -0.05) is 72.0 Å². The molecule has 0 aliphatic heterocycles. The zero-order chi connectivity index (χ0) is 14.7. The molecule has 0 atom stereocenters. The lowest BCUT2D eigenvalue weighted by Gasteiger charge is -1.99. The molecule has 0 saturated carbocycles. The number of sulfone groups is 1. The molecular weight excluding hydrogens is 304 g/mol. The Bertz CT molecular complexity index is 828. The topological polar surface area (TPSA) is 59.9 Å². The number of aromatic nitrogens is 2. The molecule has 1 heterocycles. The standard InChI is InChI=1S/C15H12N2O2S2/c18-21(19,11-12-7-3-1-4-8-12)15-17-16-14(20-15)13-9-5-2-6-10-13/h1-10H,11H2. The molecule has 0 saturated heterocycles. The first kappa shape index (κ1) is 13.9. The van der Waals surface area contributed by atoms with Crippen molar-refractivity contribution in [3.05, 3.63) is 66.2 Å². The Hall–Kier alpha value is -2.05. The van der Waals surface area contributed by atoms with Crippen molar-refractivity contribution in [2.45, 2.75) is 10.1 Å². The Morgan fingerprint density at radius 1 is 0.857 bits per heavy atom. The normalized spacial score (nSPS) is 11.4. The van der Waals surface area contributed by atoms with E-state index in [9.17, 15) is 8.42 Å². The van der Waals surface area contributed by atoms with E-state index in [0.717, 1.165) is 22.5 Å². The quantitative estimate of drug-likeness (QED) is 0.742. The predicted molar refractivity (Wildman–Crippen MR) is 82.7 cm³/mol. The van der Waals surface area contributed by atoms with Crippen LogP contribution in [0.3, 0.4) is 0 Å². The average molecular weight is 316 g/mol. The van der Waals surface area contributed by atoms with Gasteiger partial charge in [0.15, 0.2) is 0 Å². The maximum absolute atomic E-state index is 12.4.